The molecule has 0 amide bonds. The van der Waals surface area contributed by atoms with E-state index in [2.05, 4.69) is 124 Å². The Labute approximate surface area is 922 Å². The number of aryl methyl sites for hydroxylation is 4. The first-order valence-electron chi connectivity index (χ1n) is 46.5. The maximum absolute atomic E-state index is 14.3. The van der Waals surface area contributed by atoms with E-state index in [0.29, 0.717) is 139 Å². The lowest BCUT2D eigenvalue weighted by atomic mass is 9.84. The SMILES string of the molecule is CC1(C)OC[C@H](CCON)O1.CO.COc1cccc(-c2cc(F)ccc2[C@H]2Cc3nc(N)nc(C)c3C(NOCC[C@H](O)CO)=N2)n1.COc1cccc(B2OC(C)(C)C(C)(C)O2)n1.Cc1nc(N)nc2c1C(=NCCC[C@H]1COC(C)(C)O1)N[C@@H](c1ccc(F)cc1Br)C2.Cc1nc(N)nc2c1C(=S)N[C@@H](c1ccc(F)cc1Br)C2.Cc1nc(N)nc2c1C(NOCC[C@H](O)CO)=N[C@@H](c1ccc(F)cc1Br)C2.S.S.S.S. The molecular formula is C98H132BBr3F4N22O16S5. The van der Waals surface area contributed by atoms with Crippen molar-refractivity contribution in [1.29, 1.82) is 0 Å². The highest BCUT2D eigenvalue weighted by atomic mass is 79.9. The number of nitrogens with two attached hydrogens (primary N) is 5. The number of thiocarbonyl (C=S) groups is 1. The van der Waals surface area contributed by atoms with Gasteiger partial charge in [-0.3, -0.25) is 24.7 Å². The number of halogens is 7. The third kappa shape index (κ3) is 34.8. The van der Waals surface area contributed by atoms with Crippen molar-refractivity contribution in [2.24, 2.45) is 20.9 Å². The van der Waals surface area contributed by atoms with Gasteiger partial charge in [0.05, 0.1) is 199 Å². The molecule has 0 spiro atoms. The summed E-state index contributed by atoms with van der Waals surface area (Å²) in [7, 11) is 3.68. The number of anilines is 4. The predicted molar refractivity (Wildman–Crippen MR) is 595 cm³/mol. The minimum atomic E-state index is -0.882. The van der Waals surface area contributed by atoms with Gasteiger partial charge in [0.2, 0.25) is 35.6 Å². The van der Waals surface area contributed by atoms with E-state index in [4.69, 9.17) is 119 Å². The van der Waals surface area contributed by atoms with Crippen molar-refractivity contribution >= 4 is 173 Å². The van der Waals surface area contributed by atoms with Crippen molar-refractivity contribution in [3.63, 3.8) is 0 Å². The Morgan fingerprint density at radius 2 is 0.899 bits per heavy atom. The van der Waals surface area contributed by atoms with Crippen LogP contribution < -0.4 is 65.5 Å². The maximum Gasteiger partial charge on any atom is 0.514 e. The molecule has 0 unspecified atom stereocenters. The topological polar surface area (TPSA) is 547 Å². The van der Waals surface area contributed by atoms with Crippen LogP contribution >= 0.6 is 114 Å². The van der Waals surface area contributed by atoms with Crippen LogP contribution in [0.5, 0.6) is 11.8 Å². The number of aliphatic imine (C=N–C) groups is 3. The largest absolute Gasteiger partial charge is 0.514 e. The summed E-state index contributed by atoms with van der Waals surface area (Å²) in [6.45, 7) is 25.1. The molecule has 149 heavy (non-hydrogen) atoms. The number of pyridine rings is 2. The molecular weight excluding hydrogens is 2230 g/mol. The molecule has 10 aromatic rings. The fraction of sp³-hybridized carbons (Fsp3) is 0.449. The van der Waals surface area contributed by atoms with E-state index in [-0.39, 0.29) is 176 Å². The number of benzene rings is 4. The van der Waals surface area contributed by atoms with E-state index in [1.54, 1.807) is 69.5 Å². The van der Waals surface area contributed by atoms with Gasteiger partial charge in [-0.25, -0.2) is 84.3 Å². The smallest absolute Gasteiger partial charge is 0.481 e. The van der Waals surface area contributed by atoms with Crippen molar-refractivity contribution in [3.8, 4) is 23.0 Å². The number of methoxy groups -OCH3 is 2. The van der Waals surface area contributed by atoms with Crippen molar-refractivity contribution in [3.05, 3.63) is 236 Å². The van der Waals surface area contributed by atoms with Gasteiger partial charge in [-0.2, -0.15) is 54.0 Å². The molecule has 13 heterocycles. The molecule has 7 aliphatic rings. The first kappa shape index (κ1) is 127. The lowest BCUT2D eigenvalue weighted by molar-refractivity contribution is -0.140. The number of hydrogen-bond acceptors (Lipinski definition) is 37. The number of hydrogen-bond donors (Lipinski definition) is 14. The summed E-state index contributed by atoms with van der Waals surface area (Å²) in [5, 5.41) is 50.6. The van der Waals surface area contributed by atoms with Gasteiger partial charge in [0.15, 0.2) is 23.2 Å². The van der Waals surface area contributed by atoms with Crippen LogP contribution in [-0.2, 0) is 68.5 Å². The third-order valence-corrected chi connectivity index (χ3v) is 26.3. The summed E-state index contributed by atoms with van der Waals surface area (Å²) >= 11 is 15.7. The second-order valence-electron chi connectivity index (χ2n) is 36.1. The van der Waals surface area contributed by atoms with E-state index < -0.39 is 42.8 Å². The minimum Gasteiger partial charge on any atom is -0.481 e. The number of nitrogen functional groups attached to an aromatic ring is 4. The van der Waals surface area contributed by atoms with Crippen LogP contribution in [0, 0.1) is 51.0 Å². The Hall–Kier alpha value is -9.38. The first-order chi connectivity index (χ1) is 68.9. The van der Waals surface area contributed by atoms with Crippen LogP contribution in [0.1, 0.15) is 202 Å². The van der Waals surface area contributed by atoms with Gasteiger partial charge in [0.1, 0.15) is 34.1 Å². The summed E-state index contributed by atoms with van der Waals surface area (Å²) in [6.07, 6.45) is 3.61. The lowest BCUT2D eigenvalue weighted by Crippen LogP contribution is -2.41. The van der Waals surface area contributed by atoms with Crippen LogP contribution in [0.3, 0.4) is 0 Å². The fourth-order valence-corrected chi connectivity index (χ4v) is 18.6. The Bertz CT molecular complexity index is 6250. The average molecular weight is 2360 g/mol. The molecule has 8 atom stereocenters. The molecule has 3 saturated heterocycles. The van der Waals surface area contributed by atoms with Crippen molar-refractivity contribution < 1.29 is 95.3 Å². The number of aromatic nitrogens is 10. The van der Waals surface area contributed by atoms with Crippen molar-refractivity contribution in [1.82, 2.24) is 71.4 Å². The second-order valence-corrected chi connectivity index (χ2v) is 39.0. The zero-order valence-corrected chi connectivity index (χ0v) is 94.7. The van der Waals surface area contributed by atoms with Crippen LogP contribution in [0.2, 0.25) is 0 Å². The number of rotatable bonds is 25. The minimum absolute atomic E-state index is 0. The normalized spacial score (nSPS) is 18.9. The molecule has 812 valence electrons. The van der Waals surface area contributed by atoms with Crippen LogP contribution in [-0.4, -0.2) is 226 Å². The molecule has 0 aliphatic carbocycles. The number of amidine groups is 3. The van der Waals surface area contributed by atoms with Gasteiger partial charge in [0, 0.05) is 89.7 Å². The summed E-state index contributed by atoms with van der Waals surface area (Å²) in [6, 6.07) is 28.1. The number of hydroxylamine groups is 2. The Kier molecular flexibility index (Phi) is 49.3. The van der Waals surface area contributed by atoms with Crippen molar-refractivity contribution in [2.45, 2.75) is 212 Å². The number of ether oxygens (including phenoxy) is 6. The molecule has 3 fully saturated rings. The molecule has 6 aromatic heterocycles. The zero-order valence-electron chi connectivity index (χ0n) is 85.1. The quantitative estimate of drug-likeness (QED) is 0.00831. The van der Waals surface area contributed by atoms with Gasteiger partial charge >= 0.3 is 7.12 Å². The van der Waals surface area contributed by atoms with Gasteiger partial charge < -0.3 is 102 Å². The molecule has 17 rings (SSSR count). The van der Waals surface area contributed by atoms with Crippen molar-refractivity contribution in [2.75, 3.05) is 97.1 Å². The monoisotopic (exact) mass is 2360 g/mol. The standard InChI is InChI=1S/C24H27FN6O4.C22H27BrFN5O2.C18H21BrFN5O3.C14H12BrFN4S.C12H18BNO3.C7H15NO3.CH4O.4H2S/c1-13-22-20(30-24(26)27-13)11-19(29-23(22)31-35-9-8-15(33)12-32)16-7-6-14(25)10-17(16)18-4-3-5-21(28-18)34-2;1-12-19-18(29-21(25)27-12)10-17(15-7-6-13(24)9-16(15)23)28-20(19)26-8-4-5-14-11-30-22(2,3)31-14;1-9-16-15(24-18(21)22-9)7-14(12-3-2-10(20)6-13(12)19)23-17(16)25-28-5-4-11(27)8-26;1-6-12-11(20-14(17)18-6)5-10(19-13(12)21)8-3-2-7(16)4-9(8)15;1-11(2)12(3,4)17-13(16-11)9-7-6-8-10(14-9)15-5;1-7(2)9-5-6(11-7)3-4-10-8;1-2;;;;/h3-7,10,15,19,32-33H,8-9,11-12H2,1-2H3,(H,29,31)(H2,26,27,30);6-7,9,14,17H,4-5,8,10-11H2,1-3H3,(H,26,28)(H2,25,27,29);2-3,6,11,14,26-27H,4-5,7-8H2,1H3,(H,23,25)(H2,21,22,24);2-4,10H,5H2,1H3,(H,19,21)(H2,17,18,20);6-8H,1-5H3;6H,3-5,8H2,1-2H3;2H,1H3;4*1H2/t15-,19+;14-,17+;11-,14+;10-;;6-;;;;;/m0001.0...../s1. The number of fused-ring (bicyclic) bond motifs is 4. The number of nitrogens with one attached hydrogen (secondary N) is 4. The van der Waals surface area contributed by atoms with E-state index in [9.17, 15) is 27.8 Å². The van der Waals surface area contributed by atoms with Gasteiger partial charge in [0.25, 0.3) is 0 Å². The Morgan fingerprint density at radius 1 is 0.503 bits per heavy atom. The van der Waals surface area contributed by atoms with Crippen LogP contribution in [0.15, 0.2) is 138 Å². The van der Waals surface area contributed by atoms with Gasteiger partial charge in [-0.1, -0.05) is 96.4 Å². The average Bonchev–Trinajstić information content (AvgIpc) is 1.77. The van der Waals surface area contributed by atoms with E-state index >= 15 is 0 Å². The highest BCUT2D eigenvalue weighted by Crippen LogP contribution is 2.42. The Morgan fingerprint density at radius 3 is 1.34 bits per heavy atom. The Balaban J connectivity index is 0.000000246. The van der Waals surface area contributed by atoms with Gasteiger partial charge in [-0.05, 0) is 179 Å². The molecule has 19 N–H and O–H groups in total. The molecule has 7 aliphatic heterocycles. The summed E-state index contributed by atoms with van der Waals surface area (Å²) in [5.74, 6) is 5.95. The highest BCUT2D eigenvalue weighted by molar-refractivity contribution is 9.11. The van der Waals surface area contributed by atoms with Gasteiger partial charge in [-0.15, -0.1) is 0 Å². The number of nitrogens with zero attached hydrogens (tertiary/aromatic N) is 13. The van der Waals surface area contributed by atoms with E-state index in [1.165, 1.54) is 55.6 Å². The molecule has 0 saturated carbocycles. The van der Waals surface area contributed by atoms with E-state index in [0.717, 1.165) is 94.0 Å². The van der Waals surface area contributed by atoms with E-state index in [1.807, 2.05) is 81.4 Å². The zero-order chi connectivity index (χ0) is 106. The summed E-state index contributed by atoms with van der Waals surface area (Å²) < 4.78 is 101. The highest BCUT2D eigenvalue weighted by Gasteiger charge is 2.53. The summed E-state index contributed by atoms with van der Waals surface area (Å²) in [5.41, 5.74) is 42.6. The lowest BCUT2D eigenvalue weighted by Gasteiger charge is -2.32. The summed E-state index contributed by atoms with van der Waals surface area (Å²) in [4.78, 5) is 73.6. The molecule has 4 aromatic carbocycles. The third-order valence-electron chi connectivity index (χ3n) is 24.0. The number of aliphatic hydroxyl groups excluding tert-OH is 5. The van der Waals surface area contributed by atoms with Crippen LogP contribution in [0.25, 0.3) is 11.3 Å². The predicted octanol–water partition coefficient (Wildman–Crippen LogP) is 12.0. The first-order valence-corrected chi connectivity index (χ1v) is 49.3. The number of aliphatic hydroxyl groups is 5. The molecule has 51 heteroatoms. The molecule has 38 nitrogen and oxygen atoms in total. The van der Waals surface area contributed by atoms with Crippen LogP contribution in [0.4, 0.5) is 41.4 Å². The fourth-order valence-electron chi connectivity index (χ4n) is 16.3. The molecule has 0 radical (unpaired) electrons. The molecule has 0 bridgehead atoms. The second kappa shape index (κ2) is 58.1. The maximum atomic E-state index is 14.3.